The van der Waals surface area contributed by atoms with E-state index >= 15 is 0 Å². The lowest BCUT2D eigenvalue weighted by molar-refractivity contribution is -0.124. The summed E-state index contributed by atoms with van der Waals surface area (Å²) in [5.41, 5.74) is 3.35. The second kappa shape index (κ2) is 11.2. The van der Waals surface area contributed by atoms with Crippen LogP contribution in [0.2, 0.25) is 0 Å². The Hall–Kier alpha value is -3.58. The maximum Gasteiger partial charge on any atom is 0.338 e. The number of esters is 1. The predicted molar refractivity (Wildman–Crippen MR) is 148 cm³/mol. The number of furan rings is 1. The lowest BCUT2D eigenvalue weighted by Gasteiger charge is -2.30. The molecule has 2 aromatic carbocycles. The Morgan fingerprint density at radius 2 is 1.78 bits per heavy atom. The molecule has 1 aliphatic heterocycles. The number of ether oxygens (including phenoxy) is 1. The molecule has 0 atom stereocenters. The molecular formula is C30H30N2O4S. The van der Waals surface area contributed by atoms with Gasteiger partial charge >= 0.3 is 5.97 Å². The molecule has 1 amide bonds. The number of amides is 1. The third kappa shape index (κ3) is 5.72. The average molecular weight is 515 g/mol. The Bertz CT molecular complexity index is 1330. The number of thioether (sulfide) groups is 1. The topological polar surface area (TPSA) is 72.1 Å². The van der Waals surface area contributed by atoms with Crippen LogP contribution in [0.5, 0.6) is 0 Å². The maximum absolute atomic E-state index is 13.6. The van der Waals surface area contributed by atoms with Crippen molar-refractivity contribution in [1.82, 2.24) is 4.90 Å². The molecule has 1 aliphatic carbocycles. The summed E-state index contributed by atoms with van der Waals surface area (Å²) in [4.78, 5) is 32.8. The van der Waals surface area contributed by atoms with Gasteiger partial charge in [-0.25, -0.2) is 9.79 Å². The van der Waals surface area contributed by atoms with E-state index in [1.165, 1.54) is 23.7 Å². The van der Waals surface area contributed by atoms with Gasteiger partial charge in [0.2, 0.25) is 0 Å². The van der Waals surface area contributed by atoms with Crippen LogP contribution in [0.25, 0.3) is 17.4 Å². The third-order valence-electron chi connectivity index (χ3n) is 6.62. The highest BCUT2D eigenvalue weighted by atomic mass is 32.2. The van der Waals surface area contributed by atoms with Gasteiger partial charge in [-0.3, -0.25) is 9.69 Å². The molecule has 7 heteroatoms. The highest BCUT2D eigenvalue weighted by Gasteiger charge is 2.38. The standard InChI is InChI=1S/C30H30N2O4S/c1-3-35-29(34)22-13-11-21(12-14-22)26-18-17-25(36-26)19-27-28(33)32(24-7-5-4-6-8-24)30(37-27)31-23-15-9-20(2)10-16-23/h9-19,24H,3-8H2,1-2H3/b27-19+,31-30?. The van der Waals surface area contributed by atoms with E-state index in [0.29, 0.717) is 28.6 Å². The Kier molecular flexibility index (Phi) is 7.60. The van der Waals surface area contributed by atoms with E-state index in [1.54, 1.807) is 25.1 Å². The van der Waals surface area contributed by atoms with Crippen LogP contribution in [0.4, 0.5) is 5.69 Å². The number of benzene rings is 2. The van der Waals surface area contributed by atoms with Crippen molar-refractivity contribution >= 4 is 40.6 Å². The SMILES string of the molecule is CCOC(=O)c1ccc(-c2ccc(/C=C3/SC(=Nc4ccc(C)cc4)N(C4CCCCC4)C3=O)o2)cc1. The fourth-order valence-corrected chi connectivity index (χ4v) is 5.69. The summed E-state index contributed by atoms with van der Waals surface area (Å²) in [6.45, 7) is 4.17. The van der Waals surface area contributed by atoms with Crippen LogP contribution in [0.15, 0.2) is 75.0 Å². The van der Waals surface area contributed by atoms with Crippen molar-refractivity contribution in [2.45, 2.75) is 52.0 Å². The number of amidine groups is 1. The summed E-state index contributed by atoms with van der Waals surface area (Å²) in [6.07, 6.45) is 7.28. The predicted octanol–water partition coefficient (Wildman–Crippen LogP) is 7.37. The minimum absolute atomic E-state index is 0.0144. The van der Waals surface area contributed by atoms with E-state index in [1.807, 2.05) is 60.4 Å². The molecule has 0 spiro atoms. The fourth-order valence-electron chi connectivity index (χ4n) is 4.66. The van der Waals surface area contributed by atoms with Crippen LogP contribution in [0.3, 0.4) is 0 Å². The van der Waals surface area contributed by atoms with Gasteiger partial charge in [-0.15, -0.1) is 0 Å². The number of carbonyl (C=O) groups is 2. The van der Waals surface area contributed by atoms with Crippen LogP contribution in [-0.4, -0.2) is 34.6 Å². The van der Waals surface area contributed by atoms with E-state index in [4.69, 9.17) is 14.1 Å². The zero-order valence-electron chi connectivity index (χ0n) is 21.1. The molecular weight excluding hydrogens is 484 g/mol. The summed E-state index contributed by atoms with van der Waals surface area (Å²) >= 11 is 1.41. The van der Waals surface area contributed by atoms with E-state index in [2.05, 4.69) is 0 Å². The molecule has 1 saturated heterocycles. The molecule has 1 aromatic heterocycles. The van der Waals surface area contributed by atoms with Crippen LogP contribution in [-0.2, 0) is 9.53 Å². The van der Waals surface area contributed by atoms with Crippen molar-refractivity contribution in [3.8, 4) is 11.3 Å². The Morgan fingerprint density at radius 3 is 2.49 bits per heavy atom. The first-order chi connectivity index (χ1) is 18.0. The molecule has 0 unspecified atom stereocenters. The minimum Gasteiger partial charge on any atom is -0.462 e. The van der Waals surface area contributed by atoms with Crippen molar-refractivity contribution in [2.75, 3.05) is 6.61 Å². The van der Waals surface area contributed by atoms with E-state index in [9.17, 15) is 9.59 Å². The summed E-state index contributed by atoms with van der Waals surface area (Å²) in [5.74, 6) is 0.900. The Balaban J connectivity index is 1.40. The van der Waals surface area contributed by atoms with Crippen molar-refractivity contribution in [3.63, 3.8) is 0 Å². The molecule has 0 bridgehead atoms. The van der Waals surface area contributed by atoms with Crippen molar-refractivity contribution < 1.29 is 18.7 Å². The minimum atomic E-state index is -0.346. The van der Waals surface area contributed by atoms with Crippen LogP contribution in [0.1, 0.15) is 60.7 Å². The van der Waals surface area contributed by atoms with Gasteiger partial charge in [-0.2, -0.15) is 0 Å². The number of carbonyl (C=O) groups excluding carboxylic acids is 2. The average Bonchev–Trinajstić information content (AvgIpc) is 3.50. The first-order valence-electron chi connectivity index (χ1n) is 12.8. The maximum atomic E-state index is 13.6. The van der Waals surface area contributed by atoms with Crippen molar-refractivity contribution in [1.29, 1.82) is 0 Å². The van der Waals surface area contributed by atoms with Gasteiger partial charge in [0, 0.05) is 17.7 Å². The van der Waals surface area contributed by atoms with Gasteiger partial charge in [-0.1, -0.05) is 49.1 Å². The molecule has 2 fully saturated rings. The second-order valence-electron chi connectivity index (χ2n) is 9.31. The van der Waals surface area contributed by atoms with Crippen LogP contribution >= 0.6 is 11.8 Å². The largest absolute Gasteiger partial charge is 0.462 e. The van der Waals surface area contributed by atoms with E-state index in [0.717, 1.165) is 42.1 Å². The fraction of sp³-hybridized carbons (Fsp3) is 0.300. The molecule has 3 aromatic rings. The summed E-state index contributed by atoms with van der Waals surface area (Å²) in [7, 11) is 0. The monoisotopic (exact) mass is 514 g/mol. The molecule has 190 valence electrons. The van der Waals surface area contributed by atoms with E-state index in [-0.39, 0.29) is 17.9 Å². The number of nitrogens with zero attached hydrogens (tertiary/aromatic N) is 2. The van der Waals surface area contributed by atoms with Gasteiger partial charge in [0.15, 0.2) is 5.17 Å². The van der Waals surface area contributed by atoms with Crippen molar-refractivity contribution in [2.24, 2.45) is 4.99 Å². The third-order valence-corrected chi connectivity index (χ3v) is 7.60. The molecule has 0 N–H and O–H groups in total. The smallest absolute Gasteiger partial charge is 0.338 e. The summed E-state index contributed by atoms with van der Waals surface area (Å²) < 4.78 is 11.1. The molecule has 37 heavy (non-hydrogen) atoms. The Morgan fingerprint density at radius 1 is 1.05 bits per heavy atom. The molecule has 6 nitrogen and oxygen atoms in total. The highest BCUT2D eigenvalue weighted by Crippen LogP contribution is 2.39. The summed E-state index contributed by atoms with van der Waals surface area (Å²) in [6, 6.07) is 19.0. The van der Waals surface area contributed by atoms with E-state index < -0.39 is 0 Å². The normalized spacial score (nSPS) is 18.6. The summed E-state index contributed by atoms with van der Waals surface area (Å²) in [5, 5.41) is 0.730. The quantitative estimate of drug-likeness (QED) is 0.254. The first kappa shape index (κ1) is 25.1. The number of aryl methyl sites for hydroxylation is 1. The van der Waals surface area contributed by atoms with Gasteiger partial charge < -0.3 is 9.15 Å². The van der Waals surface area contributed by atoms with Gasteiger partial charge in [0.25, 0.3) is 5.91 Å². The van der Waals surface area contributed by atoms with Crippen molar-refractivity contribution in [3.05, 3.63) is 82.5 Å². The number of aliphatic imine (C=N–C) groups is 1. The van der Waals surface area contributed by atoms with Crippen LogP contribution < -0.4 is 0 Å². The highest BCUT2D eigenvalue weighted by molar-refractivity contribution is 8.18. The zero-order chi connectivity index (χ0) is 25.8. The zero-order valence-corrected chi connectivity index (χ0v) is 21.9. The second-order valence-corrected chi connectivity index (χ2v) is 10.3. The van der Waals surface area contributed by atoms with Gasteiger partial charge in [0.1, 0.15) is 11.5 Å². The lowest BCUT2D eigenvalue weighted by atomic mass is 9.94. The Labute approximate surface area is 221 Å². The van der Waals surface area contributed by atoms with Crippen LogP contribution in [0, 0.1) is 6.92 Å². The molecule has 0 radical (unpaired) electrons. The molecule has 2 aliphatic rings. The van der Waals surface area contributed by atoms with Gasteiger partial charge in [-0.05, 0) is 74.8 Å². The number of hydrogen-bond donors (Lipinski definition) is 0. The van der Waals surface area contributed by atoms with Gasteiger partial charge in [0.05, 0.1) is 22.8 Å². The molecule has 1 saturated carbocycles. The molecule has 5 rings (SSSR count). The number of hydrogen-bond acceptors (Lipinski definition) is 6. The molecule has 2 heterocycles. The lowest BCUT2D eigenvalue weighted by Crippen LogP contribution is -2.40. The first-order valence-corrected chi connectivity index (χ1v) is 13.6. The number of rotatable bonds is 6.